The summed E-state index contributed by atoms with van der Waals surface area (Å²) in [4.78, 5) is 27.0. The molecule has 0 radical (unpaired) electrons. The first-order valence-electron chi connectivity index (χ1n) is 8.43. The van der Waals surface area contributed by atoms with Gasteiger partial charge in [-0.05, 0) is 43.7 Å². The zero-order valence-corrected chi connectivity index (χ0v) is 15.0. The number of furan rings is 1. The van der Waals surface area contributed by atoms with Crippen LogP contribution >= 0.6 is 0 Å². The standard InChI is InChI=1S/C20H15FN2O5/c1-10-3-8-14(27-10)18(24)16-17(12-4-6-13(21)7-5-12)23(20(26)19(16)25)15-9-11(2)28-22-15/h3-9,17,25H,1-2H3/t17-/m0/s1. The number of carbonyl (C=O) groups excluding carboxylic acids is 2. The van der Waals surface area contributed by atoms with Crippen LogP contribution in [0.3, 0.4) is 0 Å². The van der Waals surface area contributed by atoms with Gasteiger partial charge in [0.1, 0.15) is 17.3 Å². The van der Waals surface area contributed by atoms with Gasteiger partial charge in [0.05, 0.1) is 11.6 Å². The molecule has 1 amide bonds. The molecule has 0 aliphatic carbocycles. The highest BCUT2D eigenvalue weighted by Crippen LogP contribution is 2.41. The van der Waals surface area contributed by atoms with E-state index in [0.717, 1.165) is 4.90 Å². The number of carbonyl (C=O) groups is 2. The van der Waals surface area contributed by atoms with E-state index >= 15 is 0 Å². The van der Waals surface area contributed by atoms with E-state index in [1.54, 1.807) is 19.9 Å². The van der Waals surface area contributed by atoms with Gasteiger partial charge in [0.2, 0.25) is 5.78 Å². The average Bonchev–Trinajstić information content (AvgIpc) is 3.35. The van der Waals surface area contributed by atoms with Crippen LogP contribution in [0.1, 0.15) is 33.7 Å². The monoisotopic (exact) mass is 382 g/mol. The summed E-state index contributed by atoms with van der Waals surface area (Å²) >= 11 is 0. The van der Waals surface area contributed by atoms with E-state index in [1.807, 2.05) is 0 Å². The van der Waals surface area contributed by atoms with Crippen LogP contribution in [0, 0.1) is 19.7 Å². The number of aryl methyl sites for hydroxylation is 2. The number of Topliss-reactive ketones (excluding diaryl/α,β-unsaturated/α-hetero) is 1. The number of aliphatic hydroxyl groups is 1. The Labute approximate surface area is 158 Å². The number of benzene rings is 1. The summed E-state index contributed by atoms with van der Waals surface area (Å²) < 4.78 is 23.8. The number of nitrogens with zero attached hydrogens (tertiary/aromatic N) is 2. The fourth-order valence-corrected chi connectivity index (χ4v) is 3.19. The highest BCUT2D eigenvalue weighted by molar-refractivity contribution is 6.19. The molecule has 0 saturated heterocycles. The molecule has 7 nitrogen and oxygen atoms in total. The topological polar surface area (TPSA) is 96.8 Å². The van der Waals surface area contributed by atoms with E-state index in [0.29, 0.717) is 17.1 Å². The third kappa shape index (κ3) is 2.79. The number of amides is 1. The van der Waals surface area contributed by atoms with Crippen molar-refractivity contribution in [3.63, 3.8) is 0 Å². The van der Waals surface area contributed by atoms with Crippen LogP contribution < -0.4 is 4.90 Å². The van der Waals surface area contributed by atoms with E-state index in [4.69, 9.17) is 8.94 Å². The molecule has 1 atom stereocenters. The molecule has 1 aliphatic rings. The quantitative estimate of drug-likeness (QED) is 0.690. The lowest BCUT2D eigenvalue weighted by molar-refractivity contribution is -0.117. The van der Waals surface area contributed by atoms with Crippen molar-refractivity contribution in [2.24, 2.45) is 0 Å². The Morgan fingerprint density at radius 3 is 2.43 bits per heavy atom. The maximum absolute atomic E-state index is 13.4. The van der Waals surface area contributed by atoms with E-state index in [9.17, 15) is 19.1 Å². The molecule has 1 aromatic carbocycles. The van der Waals surface area contributed by atoms with Gasteiger partial charge in [-0.2, -0.15) is 0 Å². The van der Waals surface area contributed by atoms with Crippen LogP contribution in [0.15, 0.2) is 62.7 Å². The Kier molecular flexibility index (Phi) is 4.11. The minimum atomic E-state index is -1.02. The van der Waals surface area contributed by atoms with Gasteiger partial charge in [0.25, 0.3) is 5.91 Å². The molecule has 0 fully saturated rings. The summed E-state index contributed by atoms with van der Waals surface area (Å²) in [5, 5.41) is 14.3. The van der Waals surface area contributed by atoms with Crippen molar-refractivity contribution < 1.29 is 28.0 Å². The van der Waals surface area contributed by atoms with Crippen molar-refractivity contribution in [2.75, 3.05) is 4.90 Å². The second kappa shape index (κ2) is 6.49. The van der Waals surface area contributed by atoms with Gasteiger partial charge < -0.3 is 14.0 Å². The van der Waals surface area contributed by atoms with Crippen molar-refractivity contribution in [3.8, 4) is 0 Å². The summed E-state index contributed by atoms with van der Waals surface area (Å²) in [5.74, 6) is -1.57. The number of ketones is 1. The SMILES string of the molecule is Cc1cc(N2C(=O)C(O)=C(C(=O)c3ccc(C)o3)[C@@H]2c2ccc(F)cc2)no1. The summed E-state index contributed by atoms with van der Waals surface area (Å²) in [6.45, 7) is 3.32. The number of halogens is 1. The van der Waals surface area contributed by atoms with Gasteiger partial charge in [-0.15, -0.1) is 0 Å². The predicted octanol–water partition coefficient (Wildman–Crippen LogP) is 3.81. The third-order valence-corrected chi connectivity index (χ3v) is 4.47. The number of aromatic nitrogens is 1. The number of rotatable bonds is 4. The Bertz CT molecular complexity index is 1110. The average molecular weight is 382 g/mol. The smallest absolute Gasteiger partial charge is 0.295 e. The zero-order chi connectivity index (χ0) is 20.0. The number of anilines is 1. The van der Waals surface area contributed by atoms with Gasteiger partial charge in [0.15, 0.2) is 17.3 Å². The molecule has 8 heteroatoms. The summed E-state index contributed by atoms with van der Waals surface area (Å²) in [5.41, 5.74) is 0.248. The van der Waals surface area contributed by atoms with E-state index in [1.165, 1.54) is 36.4 Å². The van der Waals surface area contributed by atoms with E-state index in [2.05, 4.69) is 5.16 Å². The van der Waals surface area contributed by atoms with Crippen molar-refractivity contribution in [1.82, 2.24) is 5.16 Å². The van der Waals surface area contributed by atoms with Gasteiger partial charge in [-0.3, -0.25) is 14.5 Å². The number of hydrogen-bond donors (Lipinski definition) is 1. The lowest BCUT2D eigenvalue weighted by atomic mass is 9.95. The molecule has 4 rings (SSSR count). The molecule has 3 aromatic rings. The molecule has 1 N–H and O–H groups in total. The molecule has 0 saturated carbocycles. The number of hydrogen-bond acceptors (Lipinski definition) is 6. The van der Waals surface area contributed by atoms with Crippen molar-refractivity contribution in [2.45, 2.75) is 19.9 Å². The van der Waals surface area contributed by atoms with Crippen molar-refractivity contribution >= 4 is 17.5 Å². The van der Waals surface area contributed by atoms with E-state index in [-0.39, 0.29) is 17.2 Å². The lowest BCUT2D eigenvalue weighted by Crippen LogP contribution is -2.31. The molecule has 142 valence electrons. The van der Waals surface area contributed by atoms with Crippen LogP contribution in [0.2, 0.25) is 0 Å². The molecule has 3 heterocycles. The van der Waals surface area contributed by atoms with Crippen molar-refractivity contribution in [1.29, 1.82) is 0 Å². The number of aliphatic hydroxyl groups excluding tert-OH is 1. The molecule has 0 spiro atoms. The van der Waals surface area contributed by atoms with E-state index < -0.39 is 29.3 Å². The largest absolute Gasteiger partial charge is 0.503 e. The molecular formula is C20H15FN2O5. The van der Waals surface area contributed by atoms with Crippen LogP contribution in [-0.2, 0) is 4.79 Å². The summed E-state index contributed by atoms with van der Waals surface area (Å²) in [6.07, 6.45) is 0. The minimum absolute atomic E-state index is 0.0165. The van der Waals surface area contributed by atoms with Gasteiger partial charge in [0, 0.05) is 6.07 Å². The molecule has 0 bridgehead atoms. The fourth-order valence-electron chi connectivity index (χ4n) is 3.19. The van der Waals surface area contributed by atoms with Crippen LogP contribution in [-0.4, -0.2) is 22.0 Å². The van der Waals surface area contributed by atoms with Crippen molar-refractivity contribution in [3.05, 3.63) is 82.5 Å². The highest BCUT2D eigenvalue weighted by atomic mass is 19.1. The molecule has 0 unspecified atom stereocenters. The normalized spacial score (nSPS) is 16.9. The zero-order valence-electron chi connectivity index (χ0n) is 15.0. The minimum Gasteiger partial charge on any atom is -0.503 e. The first-order valence-corrected chi connectivity index (χ1v) is 8.43. The van der Waals surface area contributed by atoms with Crippen LogP contribution in [0.4, 0.5) is 10.2 Å². The first-order chi connectivity index (χ1) is 13.4. The Hall–Kier alpha value is -3.68. The highest BCUT2D eigenvalue weighted by Gasteiger charge is 2.46. The molecule has 28 heavy (non-hydrogen) atoms. The second-order valence-electron chi connectivity index (χ2n) is 6.43. The Morgan fingerprint density at radius 1 is 1.14 bits per heavy atom. The van der Waals surface area contributed by atoms with Gasteiger partial charge in [-0.25, -0.2) is 4.39 Å². The second-order valence-corrected chi connectivity index (χ2v) is 6.43. The van der Waals surface area contributed by atoms with Crippen LogP contribution in [0.25, 0.3) is 0 Å². The summed E-state index contributed by atoms with van der Waals surface area (Å²) in [6, 6.07) is 8.85. The third-order valence-electron chi connectivity index (χ3n) is 4.47. The predicted molar refractivity (Wildman–Crippen MR) is 95.3 cm³/mol. The lowest BCUT2D eigenvalue weighted by Gasteiger charge is -2.24. The molecular weight excluding hydrogens is 367 g/mol. The first kappa shape index (κ1) is 17.7. The maximum atomic E-state index is 13.4. The molecule has 2 aromatic heterocycles. The fraction of sp³-hybridized carbons (Fsp3) is 0.150. The maximum Gasteiger partial charge on any atom is 0.295 e. The Balaban J connectivity index is 1.87. The summed E-state index contributed by atoms with van der Waals surface area (Å²) in [7, 11) is 0. The van der Waals surface area contributed by atoms with Gasteiger partial charge >= 0.3 is 0 Å². The van der Waals surface area contributed by atoms with Crippen LogP contribution in [0.5, 0.6) is 0 Å². The molecule has 1 aliphatic heterocycles. The van der Waals surface area contributed by atoms with Gasteiger partial charge in [-0.1, -0.05) is 17.3 Å². The Morgan fingerprint density at radius 2 is 1.86 bits per heavy atom.